The van der Waals surface area contributed by atoms with E-state index in [4.69, 9.17) is 4.74 Å². The molecule has 0 radical (unpaired) electrons. The number of nitrogens with zero attached hydrogens (tertiary/aromatic N) is 5. The molecule has 70 heavy (non-hydrogen) atoms. The Morgan fingerprint density at radius 2 is 1.63 bits per heavy atom. The van der Waals surface area contributed by atoms with E-state index in [0.717, 1.165) is 51.9 Å². The molecule has 4 heterocycles. The topological polar surface area (TPSA) is 157 Å². The van der Waals surface area contributed by atoms with Gasteiger partial charge in [-0.05, 0) is 116 Å². The molecule has 1 aromatic heterocycles. The van der Waals surface area contributed by atoms with Gasteiger partial charge in [0.2, 0.25) is 17.7 Å². The molecule has 14 nitrogen and oxygen atoms in total. The third kappa shape index (κ3) is 13.3. The Kier molecular flexibility index (Phi) is 21.5. The number of likely N-dealkylation sites (tertiary alicyclic amines) is 1. The van der Waals surface area contributed by atoms with Gasteiger partial charge in [-0.25, -0.2) is 5.43 Å². The van der Waals surface area contributed by atoms with Crippen molar-refractivity contribution in [3.05, 3.63) is 90.0 Å². The predicted molar refractivity (Wildman–Crippen MR) is 297 cm³/mol. The normalized spacial score (nSPS) is 19.4. The molecular weight excluding hydrogens is 963 g/mol. The number of hydrazine groups is 1. The number of rotatable bonds is 10. The van der Waals surface area contributed by atoms with E-state index in [1.807, 2.05) is 26.0 Å². The van der Waals surface area contributed by atoms with Gasteiger partial charge in [0.1, 0.15) is 23.9 Å². The fraction of sp³-hybridized carbons (Fsp3) is 0.481. The summed E-state index contributed by atoms with van der Waals surface area (Å²) in [5.41, 5.74) is 10.4. The Bertz CT molecular complexity index is 2510. The number of fused-ring (bicyclic) bond motifs is 6. The molecule has 0 saturated carbocycles. The van der Waals surface area contributed by atoms with Crippen LogP contribution in [0.2, 0.25) is 0 Å². The molecule has 4 aromatic rings. The van der Waals surface area contributed by atoms with Crippen LogP contribution in [0.3, 0.4) is 0 Å². The summed E-state index contributed by atoms with van der Waals surface area (Å²) in [7, 11) is 5.70. The molecule has 3 aromatic carbocycles. The van der Waals surface area contributed by atoms with Gasteiger partial charge < -0.3 is 34.4 Å². The maximum absolute atomic E-state index is 14.7. The third-order valence-corrected chi connectivity index (χ3v) is 13.3. The number of nitrogens with one attached hydrogen (secondary N) is 2. The highest BCUT2D eigenvalue weighted by molar-refractivity contribution is 7.59. The van der Waals surface area contributed by atoms with Crippen molar-refractivity contribution >= 4 is 94.5 Å². The maximum atomic E-state index is 14.7. The fourth-order valence-electron chi connectivity index (χ4n) is 10.1. The van der Waals surface area contributed by atoms with Gasteiger partial charge in [-0.2, -0.15) is 54.0 Å². The Balaban J connectivity index is 0.00000324. The van der Waals surface area contributed by atoms with E-state index in [1.165, 1.54) is 21.5 Å². The third-order valence-electron chi connectivity index (χ3n) is 13.3. The lowest BCUT2D eigenvalue weighted by atomic mass is 9.84. The number of phenols is 1. The van der Waals surface area contributed by atoms with Crippen molar-refractivity contribution in [2.75, 3.05) is 47.4 Å². The first-order valence-electron chi connectivity index (χ1n) is 23.3. The molecule has 3 aliphatic heterocycles. The van der Waals surface area contributed by atoms with Crippen molar-refractivity contribution in [2.45, 2.75) is 97.9 Å². The highest BCUT2D eigenvalue weighted by Gasteiger charge is 2.40. The van der Waals surface area contributed by atoms with E-state index in [9.17, 15) is 29.1 Å². The van der Waals surface area contributed by atoms with Crippen LogP contribution in [0, 0.1) is 17.3 Å². The summed E-state index contributed by atoms with van der Waals surface area (Å²) < 4.78 is 8.45. The highest BCUT2D eigenvalue weighted by atomic mass is 32.1. The van der Waals surface area contributed by atoms with Crippen molar-refractivity contribution in [3.8, 4) is 28.1 Å². The van der Waals surface area contributed by atoms with E-state index in [2.05, 4.69) is 98.1 Å². The SMILES string of the molecule is C=CC(=O)N1CC[C@H](C(=O)N(C)[C@H](C(=O)N[C@H]2Cc3cc(O)cc(c3)-c3ccc4c(c3)c(c(-c3ccc(CN(C)C)cc3)n4CC)CC(C)(C)COC(=O)[C@@H]3CCCN(N3)C2=O)C(C)C)C1.S.S.S.S. The molecule has 0 aliphatic carbocycles. The minimum atomic E-state index is -1.15. The van der Waals surface area contributed by atoms with Gasteiger partial charge in [0, 0.05) is 62.5 Å². The van der Waals surface area contributed by atoms with Crippen LogP contribution < -0.4 is 10.7 Å². The Morgan fingerprint density at radius 1 is 0.943 bits per heavy atom. The molecule has 4 atom stereocenters. The van der Waals surface area contributed by atoms with Gasteiger partial charge >= 0.3 is 5.97 Å². The first-order chi connectivity index (χ1) is 31.4. The Hall–Kier alpha value is -4.59. The number of carbonyl (C=O) groups is 5. The lowest BCUT2D eigenvalue weighted by molar-refractivity contribution is -0.155. The predicted octanol–water partition coefficient (Wildman–Crippen LogP) is 6.38. The number of amides is 4. The number of hydrogen-bond acceptors (Lipinski definition) is 9. The zero-order valence-corrected chi connectivity index (χ0v) is 45.9. The number of aryl methyl sites for hydroxylation is 1. The molecule has 3 aliphatic rings. The lowest BCUT2D eigenvalue weighted by Gasteiger charge is -2.37. The highest BCUT2D eigenvalue weighted by Crippen LogP contribution is 2.41. The Morgan fingerprint density at radius 3 is 2.27 bits per heavy atom. The average Bonchev–Trinajstić information content (AvgIpc) is 3.90. The first kappa shape index (κ1) is 59.7. The number of esters is 1. The lowest BCUT2D eigenvalue weighted by Crippen LogP contribution is -2.62. The molecule has 4 amide bonds. The molecule has 6 bridgehead atoms. The summed E-state index contributed by atoms with van der Waals surface area (Å²) >= 11 is 0. The number of aromatic nitrogens is 1. The van der Waals surface area contributed by atoms with Crippen LogP contribution in [-0.4, -0.2) is 124 Å². The summed E-state index contributed by atoms with van der Waals surface area (Å²) in [6.45, 7) is 16.2. The molecule has 18 heteroatoms. The molecule has 0 spiro atoms. The number of carbonyl (C=O) groups excluding carboxylic acids is 5. The summed E-state index contributed by atoms with van der Waals surface area (Å²) in [5, 5.41) is 16.8. The number of benzene rings is 3. The fourth-order valence-corrected chi connectivity index (χ4v) is 10.1. The van der Waals surface area contributed by atoms with Crippen molar-refractivity contribution in [2.24, 2.45) is 17.3 Å². The van der Waals surface area contributed by atoms with Gasteiger partial charge in [-0.15, -0.1) is 0 Å². The second kappa shape index (κ2) is 25.2. The number of phenolic OH excluding ortho intramolecular Hbond substituents is 1. The first-order valence-corrected chi connectivity index (χ1v) is 23.3. The average molecular weight is 1040 g/mol. The molecule has 2 saturated heterocycles. The second-order valence-corrected chi connectivity index (χ2v) is 19.8. The van der Waals surface area contributed by atoms with E-state index >= 15 is 0 Å². The number of ether oxygens (including phenoxy) is 1. The van der Waals surface area contributed by atoms with Gasteiger partial charge in [0.25, 0.3) is 5.91 Å². The minimum absolute atomic E-state index is 0. The second-order valence-electron chi connectivity index (χ2n) is 19.8. The van der Waals surface area contributed by atoms with Crippen molar-refractivity contribution in [3.63, 3.8) is 0 Å². The number of hydrogen-bond donors (Lipinski definition) is 3. The van der Waals surface area contributed by atoms with E-state index in [1.54, 1.807) is 24.1 Å². The van der Waals surface area contributed by atoms with E-state index in [0.29, 0.717) is 37.8 Å². The molecule has 384 valence electrons. The summed E-state index contributed by atoms with van der Waals surface area (Å²) in [6.07, 6.45) is 3.27. The van der Waals surface area contributed by atoms with Gasteiger partial charge in [-0.1, -0.05) is 70.7 Å². The number of likely N-dealkylation sites (N-methyl/N-ethyl adjacent to an activating group) is 1. The van der Waals surface area contributed by atoms with Crippen LogP contribution in [0.15, 0.2) is 73.3 Å². The van der Waals surface area contributed by atoms with Crippen LogP contribution >= 0.6 is 54.0 Å². The van der Waals surface area contributed by atoms with Crippen LogP contribution in [-0.2, 0) is 54.6 Å². The quantitative estimate of drug-likeness (QED) is 0.121. The Labute approximate surface area is 441 Å². The zero-order chi connectivity index (χ0) is 47.6. The zero-order valence-electron chi connectivity index (χ0n) is 41.9. The van der Waals surface area contributed by atoms with E-state index < -0.39 is 47.2 Å². The monoisotopic (exact) mass is 1040 g/mol. The van der Waals surface area contributed by atoms with Crippen LogP contribution in [0.1, 0.15) is 70.6 Å². The smallest absolute Gasteiger partial charge is 0.324 e. The van der Waals surface area contributed by atoms with E-state index in [-0.39, 0.29) is 104 Å². The number of aromatic hydroxyl groups is 1. The van der Waals surface area contributed by atoms with Crippen LogP contribution in [0.25, 0.3) is 33.3 Å². The molecule has 0 unspecified atom stereocenters. The molecular formula is C52H75N7O7S4. The van der Waals surface area contributed by atoms with Gasteiger partial charge in [-0.3, -0.25) is 29.0 Å². The maximum Gasteiger partial charge on any atom is 0.324 e. The van der Waals surface area contributed by atoms with Crippen molar-refractivity contribution in [1.29, 1.82) is 0 Å². The largest absolute Gasteiger partial charge is 0.508 e. The summed E-state index contributed by atoms with van der Waals surface area (Å²) in [6, 6.07) is 17.4. The molecule has 7 rings (SSSR count). The standard InChI is InChI=1S/C52H67N7O7.4H2S/c1-10-45(61)57-22-20-37(30-57)49(63)56(9)46(32(3)4)48(62)53-43-25-34-23-38(26-39(60)24-34)36-18-19-44-40(27-36)41(47(58(44)11-2)35-16-14-33(15-17-35)29-55(7)8)28-52(5,6)31-66-51(65)42-13-12-21-59(54-42)50(43)64;;;;/h10,14-19,23-24,26-27,32,37,42-43,46,54,60H,1,11-13,20-22,25,28-31H2,2-9H3,(H,53,62);4*1H2/t37-,42-,43-,46-;;;;/m0..../s1. The van der Waals surface area contributed by atoms with Crippen LogP contribution in [0.4, 0.5) is 0 Å². The molecule has 3 N–H and O–H groups in total. The summed E-state index contributed by atoms with van der Waals surface area (Å²) in [4.78, 5) is 74.5. The summed E-state index contributed by atoms with van der Waals surface area (Å²) in [5.74, 6) is -2.78. The number of cyclic esters (lactones) is 1. The van der Waals surface area contributed by atoms with Crippen molar-refractivity contribution in [1.82, 2.24) is 35.0 Å². The van der Waals surface area contributed by atoms with Gasteiger partial charge in [0.05, 0.1) is 18.2 Å². The minimum Gasteiger partial charge on any atom is -0.508 e. The van der Waals surface area contributed by atoms with Crippen molar-refractivity contribution < 1.29 is 33.8 Å². The molecule has 2 fully saturated rings. The van der Waals surface area contributed by atoms with Crippen LogP contribution in [0.5, 0.6) is 5.75 Å². The van der Waals surface area contributed by atoms with Gasteiger partial charge in [0.15, 0.2) is 0 Å².